The second-order valence-corrected chi connectivity index (χ2v) is 5.43. The van der Waals surface area contributed by atoms with E-state index in [4.69, 9.17) is 5.73 Å². The number of hydrogen-bond donors (Lipinski definition) is 2. The van der Waals surface area contributed by atoms with Crippen molar-refractivity contribution in [3.05, 3.63) is 28.5 Å². The summed E-state index contributed by atoms with van der Waals surface area (Å²) >= 11 is 3.16. The van der Waals surface area contributed by atoms with Gasteiger partial charge in [0.1, 0.15) is 5.82 Å². The summed E-state index contributed by atoms with van der Waals surface area (Å²) in [7, 11) is 0. The Kier molecular flexibility index (Phi) is 3.24. The molecule has 1 saturated heterocycles. The third-order valence-electron chi connectivity index (χ3n) is 3.19. The van der Waals surface area contributed by atoms with E-state index in [1.807, 2.05) is 4.90 Å². The fourth-order valence-corrected chi connectivity index (χ4v) is 2.54. The van der Waals surface area contributed by atoms with Gasteiger partial charge in [0.2, 0.25) is 5.95 Å². The molecule has 3 N–H and O–H groups in total. The normalized spacial score (nSPS) is 19.1. The molecule has 7 heteroatoms. The lowest BCUT2D eigenvalue weighted by molar-refractivity contribution is 0.623. The number of rotatable bonds is 2. The number of benzene rings is 1. The second-order valence-electron chi connectivity index (χ2n) is 4.58. The number of anilines is 1. The first-order valence-corrected chi connectivity index (χ1v) is 6.82. The van der Waals surface area contributed by atoms with Crippen LogP contribution in [0.4, 0.5) is 10.3 Å². The van der Waals surface area contributed by atoms with Crippen LogP contribution in [-0.2, 0) is 0 Å². The van der Waals surface area contributed by atoms with Crippen LogP contribution in [0.25, 0.3) is 11.4 Å². The van der Waals surface area contributed by atoms with Crippen molar-refractivity contribution in [3.8, 4) is 11.4 Å². The van der Waals surface area contributed by atoms with Crippen LogP contribution in [0.2, 0.25) is 0 Å². The molecule has 1 atom stereocenters. The minimum atomic E-state index is -0.344. The molecule has 1 fully saturated rings. The molecule has 3 rings (SSSR count). The maximum absolute atomic E-state index is 14.0. The molecule has 5 nitrogen and oxygen atoms in total. The summed E-state index contributed by atoms with van der Waals surface area (Å²) in [5.41, 5.74) is 6.25. The Bertz CT molecular complexity index is 600. The molecule has 1 aliphatic rings. The first kappa shape index (κ1) is 12.6. The number of nitrogens with one attached hydrogen (secondary N) is 1. The van der Waals surface area contributed by atoms with Gasteiger partial charge < -0.3 is 10.6 Å². The first-order chi connectivity index (χ1) is 9.15. The average molecular weight is 326 g/mol. The Morgan fingerprint density at radius 3 is 3.05 bits per heavy atom. The average Bonchev–Trinajstić information content (AvgIpc) is 3.01. The van der Waals surface area contributed by atoms with Crippen LogP contribution in [-0.4, -0.2) is 34.3 Å². The third kappa shape index (κ3) is 2.35. The van der Waals surface area contributed by atoms with Crippen molar-refractivity contribution in [3.63, 3.8) is 0 Å². The SMILES string of the molecule is NC1CCN(c2n[nH]c(-c3cccc(Br)c3F)n2)C1. The van der Waals surface area contributed by atoms with Crippen molar-refractivity contribution in [2.24, 2.45) is 5.73 Å². The molecule has 2 heterocycles. The number of nitrogens with two attached hydrogens (primary N) is 1. The van der Waals surface area contributed by atoms with Crippen LogP contribution < -0.4 is 10.6 Å². The predicted molar refractivity (Wildman–Crippen MR) is 74.3 cm³/mol. The fraction of sp³-hybridized carbons (Fsp3) is 0.333. The van der Waals surface area contributed by atoms with Crippen molar-refractivity contribution >= 4 is 21.9 Å². The highest BCUT2D eigenvalue weighted by molar-refractivity contribution is 9.10. The third-order valence-corrected chi connectivity index (χ3v) is 3.80. The topological polar surface area (TPSA) is 70.8 Å². The van der Waals surface area contributed by atoms with E-state index >= 15 is 0 Å². The molecule has 2 aromatic rings. The molecule has 0 bridgehead atoms. The predicted octanol–water partition coefficient (Wildman–Crippen LogP) is 1.91. The Hall–Kier alpha value is -1.47. The zero-order valence-corrected chi connectivity index (χ0v) is 11.7. The van der Waals surface area contributed by atoms with Gasteiger partial charge in [0.15, 0.2) is 5.82 Å². The van der Waals surface area contributed by atoms with Crippen LogP contribution in [0.15, 0.2) is 22.7 Å². The number of halogens is 2. The maximum Gasteiger partial charge on any atom is 0.245 e. The van der Waals surface area contributed by atoms with Crippen LogP contribution in [0.5, 0.6) is 0 Å². The van der Waals surface area contributed by atoms with Crippen LogP contribution in [0, 0.1) is 5.82 Å². The Labute approximate surface area is 118 Å². The molecule has 100 valence electrons. The lowest BCUT2D eigenvalue weighted by Crippen LogP contribution is -2.26. The minimum Gasteiger partial charge on any atom is -0.338 e. The van der Waals surface area contributed by atoms with Gasteiger partial charge in [-0.2, -0.15) is 4.98 Å². The zero-order chi connectivity index (χ0) is 13.4. The van der Waals surface area contributed by atoms with Gasteiger partial charge in [-0.1, -0.05) is 6.07 Å². The van der Waals surface area contributed by atoms with Gasteiger partial charge >= 0.3 is 0 Å². The largest absolute Gasteiger partial charge is 0.338 e. The lowest BCUT2D eigenvalue weighted by Gasteiger charge is -2.11. The van der Waals surface area contributed by atoms with E-state index < -0.39 is 0 Å². The standard InChI is InChI=1S/C12H13BrFN5/c13-9-3-1-2-8(10(9)14)11-16-12(18-17-11)19-5-4-7(15)6-19/h1-3,7H,4-6,15H2,(H,16,17,18). The van der Waals surface area contributed by atoms with E-state index in [2.05, 4.69) is 31.1 Å². The van der Waals surface area contributed by atoms with E-state index in [9.17, 15) is 4.39 Å². The first-order valence-electron chi connectivity index (χ1n) is 6.02. The maximum atomic E-state index is 14.0. The van der Waals surface area contributed by atoms with Gasteiger partial charge in [-0.25, -0.2) is 4.39 Å². The molecule has 1 unspecified atom stereocenters. The molecular formula is C12H13BrFN5. The minimum absolute atomic E-state index is 0.157. The smallest absolute Gasteiger partial charge is 0.245 e. The summed E-state index contributed by atoms with van der Waals surface area (Å²) in [5.74, 6) is 0.653. The summed E-state index contributed by atoms with van der Waals surface area (Å²) in [4.78, 5) is 6.34. The number of aromatic amines is 1. The van der Waals surface area contributed by atoms with Gasteiger partial charge in [-0.05, 0) is 34.5 Å². The van der Waals surface area contributed by atoms with Crippen molar-refractivity contribution in [2.45, 2.75) is 12.5 Å². The Morgan fingerprint density at radius 1 is 1.47 bits per heavy atom. The molecule has 0 spiro atoms. The van der Waals surface area contributed by atoms with Crippen LogP contribution >= 0.6 is 15.9 Å². The monoisotopic (exact) mass is 325 g/mol. The van der Waals surface area contributed by atoms with Gasteiger partial charge in [-0.15, -0.1) is 5.10 Å². The molecule has 0 radical (unpaired) electrons. The summed E-state index contributed by atoms with van der Waals surface area (Å²) in [6.07, 6.45) is 0.926. The van der Waals surface area contributed by atoms with Crippen molar-refractivity contribution in [2.75, 3.05) is 18.0 Å². The van der Waals surface area contributed by atoms with E-state index in [1.54, 1.807) is 18.2 Å². The molecule has 0 amide bonds. The molecule has 19 heavy (non-hydrogen) atoms. The molecule has 1 aromatic heterocycles. The lowest BCUT2D eigenvalue weighted by atomic mass is 10.2. The zero-order valence-electron chi connectivity index (χ0n) is 10.1. The number of H-pyrrole nitrogens is 1. The number of aromatic nitrogens is 3. The highest BCUT2D eigenvalue weighted by Gasteiger charge is 2.23. The molecule has 0 aliphatic carbocycles. The number of hydrogen-bond acceptors (Lipinski definition) is 4. The summed E-state index contributed by atoms with van der Waals surface area (Å²) in [5, 5.41) is 6.91. The van der Waals surface area contributed by atoms with Gasteiger partial charge in [0.05, 0.1) is 10.0 Å². The molecule has 1 aromatic carbocycles. The van der Waals surface area contributed by atoms with E-state index in [-0.39, 0.29) is 11.9 Å². The fourth-order valence-electron chi connectivity index (χ4n) is 2.17. The summed E-state index contributed by atoms with van der Waals surface area (Å²) in [6.45, 7) is 1.57. The van der Waals surface area contributed by atoms with Crippen molar-refractivity contribution < 1.29 is 4.39 Å². The van der Waals surface area contributed by atoms with Gasteiger partial charge in [0, 0.05) is 19.1 Å². The number of nitrogens with zero attached hydrogens (tertiary/aromatic N) is 3. The Morgan fingerprint density at radius 2 is 2.32 bits per heavy atom. The highest BCUT2D eigenvalue weighted by Crippen LogP contribution is 2.26. The quantitative estimate of drug-likeness (QED) is 0.884. The van der Waals surface area contributed by atoms with E-state index in [1.165, 1.54) is 0 Å². The highest BCUT2D eigenvalue weighted by atomic mass is 79.9. The molecule has 0 saturated carbocycles. The Balaban J connectivity index is 1.91. The van der Waals surface area contributed by atoms with Crippen LogP contribution in [0.1, 0.15) is 6.42 Å². The molecular weight excluding hydrogens is 313 g/mol. The van der Waals surface area contributed by atoms with Gasteiger partial charge in [-0.3, -0.25) is 5.10 Å². The van der Waals surface area contributed by atoms with Crippen LogP contribution in [0.3, 0.4) is 0 Å². The van der Waals surface area contributed by atoms with Crippen molar-refractivity contribution in [1.29, 1.82) is 0 Å². The summed E-state index contributed by atoms with van der Waals surface area (Å²) < 4.78 is 14.4. The summed E-state index contributed by atoms with van der Waals surface area (Å²) in [6, 6.07) is 5.23. The molecule has 1 aliphatic heterocycles. The van der Waals surface area contributed by atoms with E-state index in [0.29, 0.717) is 21.8 Å². The van der Waals surface area contributed by atoms with Crippen molar-refractivity contribution in [1.82, 2.24) is 15.2 Å². The second kappa shape index (κ2) is 4.90. The van der Waals surface area contributed by atoms with Gasteiger partial charge in [0.25, 0.3) is 0 Å². The van der Waals surface area contributed by atoms with E-state index in [0.717, 1.165) is 19.5 Å².